The molecular formula is C16H10N4O4S2. The number of hydrogen-bond acceptors (Lipinski definition) is 9. The number of ether oxygens (including phenoxy) is 2. The van der Waals surface area contributed by atoms with E-state index in [0.717, 1.165) is 5.56 Å². The maximum absolute atomic E-state index is 12.0. The van der Waals surface area contributed by atoms with E-state index in [2.05, 4.69) is 15.2 Å². The SMILES string of the molecule is O=c1cc(CSc2nnc(-c3ccc4c(c3)OCO4)o2)nc2sccn12. The zero-order valence-corrected chi connectivity index (χ0v) is 14.7. The Labute approximate surface area is 154 Å². The first-order valence-corrected chi connectivity index (χ1v) is 9.45. The zero-order chi connectivity index (χ0) is 17.5. The molecule has 4 heterocycles. The highest BCUT2D eigenvalue weighted by atomic mass is 32.2. The monoisotopic (exact) mass is 386 g/mol. The summed E-state index contributed by atoms with van der Waals surface area (Å²) < 4.78 is 17.9. The lowest BCUT2D eigenvalue weighted by Crippen LogP contribution is -2.12. The van der Waals surface area contributed by atoms with Gasteiger partial charge in [0, 0.05) is 29.0 Å². The molecule has 0 aliphatic carbocycles. The van der Waals surface area contributed by atoms with Gasteiger partial charge in [0.05, 0.1) is 5.69 Å². The number of fused-ring (bicyclic) bond motifs is 2. The molecule has 1 aliphatic heterocycles. The zero-order valence-electron chi connectivity index (χ0n) is 13.1. The van der Waals surface area contributed by atoms with E-state index in [1.807, 2.05) is 17.5 Å². The van der Waals surface area contributed by atoms with Gasteiger partial charge < -0.3 is 13.9 Å². The molecule has 0 spiro atoms. The summed E-state index contributed by atoms with van der Waals surface area (Å²) >= 11 is 2.75. The summed E-state index contributed by atoms with van der Waals surface area (Å²) in [5.41, 5.74) is 1.33. The molecule has 0 bridgehead atoms. The normalized spacial score (nSPS) is 12.8. The Bertz CT molecular complexity index is 1170. The van der Waals surface area contributed by atoms with Gasteiger partial charge in [0.25, 0.3) is 10.8 Å². The first-order valence-electron chi connectivity index (χ1n) is 7.58. The predicted octanol–water partition coefficient (Wildman–Crippen LogP) is 2.83. The molecule has 0 unspecified atom stereocenters. The Balaban J connectivity index is 1.34. The molecule has 1 aliphatic rings. The number of benzene rings is 1. The van der Waals surface area contributed by atoms with Gasteiger partial charge in [-0.15, -0.1) is 21.5 Å². The summed E-state index contributed by atoms with van der Waals surface area (Å²) in [5.74, 6) is 2.22. The van der Waals surface area contributed by atoms with Gasteiger partial charge in [-0.2, -0.15) is 0 Å². The summed E-state index contributed by atoms with van der Waals surface area (Å²) in [7, 11) is 0. The molecule has 130 valence electrons. The van der Waals surface area contributed by atoms with Gasteiger partial charge in [-0.05, 0) is 18.2 Å². The van der Waals surface area contributed by atoms with E-state index >= 15 is 0 Å². The Morgan fingerprint density at radius 1 is 1.19 bits per heavy atom. The van der Waals surface area contributed by atoms with Gasteiger partial charge in [-0.1, -0.05) is 11.8 Å². The summed E-state index contributed by atoms with van der Waals surface area (Å²) in [6.07, 6.45) is 1.71. The Hall–Kier alpha value is -2.85. The van der Waals surface area contributed by atoms with E-state index in [9.17, 15) is 4.79 Å². The second-order valence-corrected chi connectivity index (χ2v) is 7.17. The van der Waals surface area contributed by atoms with Gasteiger partial charge in [0.2, 0.25) is 12.7 Å². The molecule has 0 saturated carbocycles. The summed E-state index contributed by atoms with van der Waals surface area (Å²) in [4.78, 5) is 17.1. The fourth-order valence-corrected chi connectivity index (χ4v) is 3.91. The molecule has 0 amide bonds. The van der Waals surface area contributed by atoms with Crippen molar-refractivity contribution in [1.82, 2.24) is 19.6 Å². The van der Waals surface area contributed by atoms with E-state index in [4.69, 9.17) is 13.9 Å². The maximum Gasteiger partial charge on any atom is 0.277 e. The van der Waals surface area contributed by atoms with Crippen LogP contribution in [0.1, 0.15) is 5.69 Å². The minimum Gasteiger partial charge on any atom is -0.454 e. The average Bonchev–Trinajstić information content (AvgIpc) is 3.38. The maximum atomic E-state index is 12.0. The average molecular weight is 386 g/mol. The third kappa shape index (κ3) is 2.72. The summed E-state index contributed by atoms with van der Waals surface area (Å²) in [5, 5.41) is 10.3. The van der Waals surface area contributed by atoms with Crippen molar-refractivity contribution in [3.8, 4) is 23.0 Å². The second-order valence-electron chi connectivity index (χ2n) is 5.37. The third-order valence-corrected chi connectivity index (χ3v) is 5.33. The first kappa shape index (κ1) is 15.4. The molecule has 8 nitrogen and oxygen atoms in total. The van der Waals surface area contributed by atoms with Crippen molar-refractivity contribution in [2.45, 2.75) is 11.0 Å². The number of rotatable bonds is 4. The fourth-order valence-electron chi connectivity index (χ4n) is 2.51. The summed E-state index contributed by atoms with van der Waals surface area (Å²) in [6.45, 7) is 0.214. The molecule has 0 fully saturated rings. The molecule has 0 N–H and O–H groups in total. The third-order valence-electron chi connectivity index (χ3n) is 3.73. The van der Waals surface area contributed by atoms with Crippen molar-refractivity contribution in [1.29, 1.82) is 0 Å². The molecule has 4 aromatic rings. The molecule has 26 heavy (non-hydrogen) atoms. The van der Waals surface area contributed by atoms with Crippen LogP contribution < -0.4 is 15.0 Å². The van der Waals surface area contributed by atoms with E-state index in [0.29, 0.717) is 39.0 Å². The minimum absolute atomic E-state index is 0.0987. The number of aromatic nitrogens is 4. The van der Waals surface area contributed by atoms with E-state index in [-0.39, 0.29) is 12.4 Å². The largest absolute Gasteiger partial charge is 0.454 e. The fraction of sp³-hybridized carbons (Fsp3) is 0.125. The lowest BCUT2D eigenvalue weighted by atomic mass is 10.2. The standard InChI is InChI=1S/C16H10N4O4S2/c21-13-6-10(17-15-20(13)3-4-25-15)7-26-16-19-18-14(24-16)9-1-2-11-12(5-9)23-8-22-11/h1-6H,7-8H2. The van der Waals surface area contributed by atoms with Crippen molar-refractivity contribution in [3.63, 3.8) is 0 Å². The van der Waals surface area contributed by atoms with Crippen LogP contribution in [0.15, 0.2) is 50.3 Å². The van der Waals surface area contributed by atoms with Gasteiger partial charge in [-0.25, -0.2) is 4.98 Å². The quantitative estimate of drug-likeness (QED) is 0.495. The number of thiazole rings is 1. The Morgan fingerprint density at radius 2 is 2.12 bits per heavy atom. The molecule has 3 aromatic heterocycles. The highest BCUT2D eigenvalue weighted by Gasteiger charge is 2.17. The number of thioether (sulfide) groups is 1. The van der Waals surface area contributed by atoms with Crippen LogP contribution in [0.5, 0.6) is 11.5 Å². The Morgan fingerprint density at radius 3 is 3.08 bits per heavy atom. The van der Waals surface area contributed by atoms with Crippen molar-refractivity contribution < 1.29 is 13.9 Å². The lowest BCUT2D eigenvalue weighted by molar-refractivity contribution is 0.174. The van der Waals surface area contributed by atoms with Crippen LogP contribution in [-0.4, -0.2) is 26.4 Å². The molecule has 5 rings (SSSR count). The van der Waals surface area contributed by atoms with Crippen LogP contribution >= 0.6 is 23.1 Å². The van der Waals surface area contributed by atoms with E-state index in [1.54, 1.807) is 12.3 Å². The van der Waals surface area contributed by atoms with Crippen molar-refractivity contribution in [3.05, 3.63) is 51.9 Å². The van der Waals surface area contributed by atoms with Crippen molar-refractivity contribution in [2.75, 3.05) is 6.79 Å². The second kappa shape index (κ2) is 6.15. The van der Waals surface area contributed by atoms with Gasteiger partial charge >= 0.3 is 0 Å². The molecule has 0 saturated heterocycles. The van der Waals surface area contributed by atoms with Gasteiger partial charge in [0.1, 0.15) is 0 Å². The van der Waals surface area contributed by atoms with Crippen LogP contribution in [0.4, 0.5) is 0 Å². The van der Waals surface area contributed by atoms with Gasteiger partial charge in [-0.3, -0.25) is 9.20 Å². The smallest absolute Gasteiger partial charge is 0.277 e. The first-order chi connectivity index (χ1) is 12.8. The molecule has 10 heteroatoms. The van der Waals surface area contributed by atoms with Crippen LogP contribution in [0, 0.1) is 0 Å². The highest BCUT2D eigenvalue weighted by molar-refractivity contribution is 7.98. The van der Waals surface area contributed by atoms with Gasteiger partial charge in [0.15, 0.2) is 16.5 Å². The predicted molar refractivity (Wildman–Crippen MR) is 94.8 cm³/mol. The van der Waals surface area contributed by atoms with Crippen molar-refractivity contribution in [2.24, 2.45) is 0 Å². The molecule has 0 radical (unpaired) electrons. The van der Waals surface area contributed by atoms with E-state index < -0.39 is 0 Å². The summed E-state index contributed by atoms with van der Waals surface area (Å²) in [6, 6.07) is 6.96. The molecule has 1 aromatic carbocycles. The minimum atomic E-state index is -0.0987. The number of nitrogens with zero attached hydrogens (tertiary/aromatic N) is 4. The topological polar surface area (TPSA) is 91.8 Å². The Kier molecular flexibility index (Phi) is 3.64. The van der Waals surface area contributed by atoms with E-state index in [1.165, 1.54) is 33.6 Å². The number of hydrogen-bond donors (Lipinski definition) is 0. The highest BCUT2D eigenvalue weighted by Crippen LogP contribution is 2.36. The van der Waals surface area contributed by atoms with Crippen LogP contribution in [-0.2, 0) is 5.75 Å². The van der Waals surface area contributed by atoms with Crippen LogP contribution in [0.25, 0.3) is 16.4 Å². The van der Waals surface area contributed by atoms with Crippen LogP contribution in [0.2, 0.25) is 0 Å². The molecule has 0 atom stereocenters. The molecular weight excluding hydrogens is 376 g/mol. The lowest BCUT2D eigenvalue weighted by Gasteiger charge is -1.99. The van der Waals surface area contributed by atoms with Crippen LogP contribution in [0.3, 0.4) is 0 Å². The van der Waals surface area contributed by atoms with Crippen molar-refractivity contribution >= 4 is 28.1 Å².